The van der Waals surface area contributed by atoms with Crippen molar-refractivity contribution >= 4 is 33.5 Å². The molecule has 26 heavy (non-hydrogen) atoms. The summed E-state index contributed by atoms with van der Waals surface area (Å²) in [6.45, 7) is 2.86. The van der Waals surface area contributed by atoms with Crippen molar-refractivity contribution in [2.45, 2.75) is 38.3 Å². The van der Waals surface area contributed by atoms with Crippen molar-refractivity contribution in [2.75, 3.05) is 11.4 Å². The molecule has 0 aromatic carbocycles. The fourth-order valence-corrected chi connectivity index (χ4v) is 3.68. The van der Waals surface area contributed by atoms with Gasteiger partial charge in [0.25, 0.3) is 0 Å². The van der Waals surface area contributed by atoms with Crippen LogP contribution in [0.4, 0.5) is 5.69 Å². The van der Waals surface area contributed by atoms with Crippen LogP contribution in [0.2, 0.25) is 0 Å². The van der Waals surface area contributed by atoms with Crippen molar-refractivity contribution in [3.05, 3.63) is 24.7 Å². The van der Waals surface area contributed by atoms with Crippen LogP contribution < -0.4 is 10.2 Å². The number of rotatable bonds is 3. The number of fused-ring (bicyclic) bond motifs is 3. The van der Waals surface area contributed by atoms with Gasteiger partial charge in [-0.25, -0.2) is 9.97 Å². The third-order valence-electron chi connectivity index (χ3n) is 4.96. The summed E-state index contributed by atoms with van der Waals surface area (Å²) in [7, 11) is 0. The first-order valence-electron chi connectivity index (χ1n) is 8.67. The first-order chi connectivity index (χ1) is 12.7. The van der Waals surface area contributed by atoms with Crippen LogP contribution in [0.25, 0.3) is 21.9 Å². The minimum Gasteiger partial charge on any atom is -0.365 e. The van der Waals surface area contributed by atoms with E-state index in [1.54, 1.807) is 12.4 Å². The van der Waals surface area contributed by atoms with E-state index in [4.69, 9.17) is 5.26 Å². The van der Waals surface area contributed by atoms with E-state index >= 15 is 0 Å². The van der Waals surface area contributed by atoms with Gasteiger partial charge in [-0.15, -0.1) is 0 Å². The molecule has 1 saturated heterocycles. The van der Waals surface area contributed by atoms with Crippen molar-refractivity contribution in [1.29, 1.82) is 5.26 Å². The molecule has 4 rings (SSSR count). The van der Waals surface area contributed by atoms with Crippen LogP contribution in [0.5, 0.6) is 0 Å². The largest absolute Gasteiger partial charge is 0.365 e. The van der Waals surface area contributed by atoms with Crippen LogP contribution >= 0.6 is 0 Å². The van der Waals surface area contributed by atoms with Gasteiger partial charge in [0, 0.05) is 35.6 Å². The van der Waals surface area contributed by atoms with Gasteiger partial charge >= 0.3 is 0 Å². The SMILES string of the molecule is CC1CCC(NC(=O)CC#N)CN1c1cn[nH]c2cnc3nccc3c12. The Kier molecular flexibility index (Phi) is 4.13. The molecule has 2 unspecified atom stereocenters. The highest BCUT2D eigenvalue weighted by molar-refractivity contribution is 6.09. The number of aromatic nitrogens is 4. The molecule has 0 bridgehead atoms. The summed E-state index contributed by atoms with van der Waals surface area (Å²) < 4.78 is 0. The third-order valence-corrected chi connectivity index (χ3v) is 4.96. The lowest BCUT2D eigenvalue weighted by atomic mass is 9.97. The number of carbonyl (C=O) groups is 1. The quantitative estimate of drug-likeness (QED) is 0.747. The fraction of sp³-hybridized carbons (Fsp3) is 0.389. The first kappa shape index (κ1) is 16.3. The minimum atomic E-state index is -0.219. The molecule has 3 aromatic heterocycles. The number of anilines is 1. The zero-order valence-corrected chi connectivity index (χ0v) is 14.4. The number of hydrogen-bond acceptors (Lipinski definition) is 6. The predicted octanol–water partition coefficient (Wildman–Crippen LogP) is 1.89. The van der Waals surface area contributed by atoms with Crippen LogP contribution in [0, 0.1) is 11.3 Å². The van der Waals surface area contributed by atoms with Gasteiger partial charge in [0.1, 0.15) is 6.42 Å². The summed E-state index contributed by atoms with van der Waals surface area (Å²) in [6.07, 6.45) is 7.07. The highest BCUT2D eigenvalue weighted by Gasteiger charge is 2.28. The maximum absolute atomic E-state index is 11.8. The molecule has 0 radical (unpaired) electrons. The molecule has 3 aromatic rings. The topological polar surface area (TPSA) is 111 Å². The van der Waals surface area contributed by atoms with Crippen molar-refractivity contribution in [2.24, 2.45) is 0 Å². The zero-order chi connectivity index (χ0) is 18.1. The Morgan fingerprint density at radius 3 is 3.15 bits per heavy atom. The lowest BCUT2D eigenvalue weighted by molar-refractivity contribution is -0.120. The normalized spacial score (nSPS) is 20.2. The van der Waals surface area contributed by atoms with Crippen LogP contribution in [0.15, 0.2) is 24.7 Å². The van der Waals surface area contributed by atoms with Gasteiger partial charge in [0.2, 0.25) is 5.91 Å². The van der Waals surface area contributed by atoms with E-state index in [0.29, 0.717) is 18.2 Å². The number of pyridine rings is 1. The summed E-state index contributed by atoms with van der Waals surface area (Å²) >= 11 is 0. The standard InChI is InChI=1S/C18H19N7O/c1-11-2-3-12(23-16(26)4-6-19)10-25(11)15-9-22-24-14-8-21-18-13(17(14)15)5-7-20-18/h5,7-9,11-12,24H,2-4,10H2,1H3,(H,23,26). The van der Waals surface area contributed by atoms with Gasteiger partial charge in [0.15, 0.2) is 5.65 Å². The molecule has 1 aliphatic rings. The van der Waals surface area contributed by atoms with Crippen LogP contribution in [-0.2, 0) is 4.79 Å². The molecular weight excluding hydrogens is 330 g/mol. The molecule has 1 aliphatic heterocycles. The number of nitrogens with one attached hydrogen (secondary N) is 2. The second kappa shape index (κ2) is 6.59. The monoisotopic (exact) mass is 349 g/mol. The van der Waals surface area contributed by atoms with Gasteiger partial charge in [-0.1, -0.05) is 0 Å². The number of nitriles is 1. The number of amides is 1. The summed E-state index contributed by atoms with van der Waals surface area (Å²) in [5, 5.41) is 21.0. The number of nitrogens with zero attached hydrogens (tertiary/aromatic N) is 5. The van der Waals surface area contributed by atoms with Crippen LogP contribution in [0.3, 0.4) is 0 Å². The van der Waals surface area contributed by atoms with Gasteiger partial charge in [-0.2, -0.15) is 10.4 Å². The molecule has 0 spiro atoms. The molecule has 4 heterocycles. The van der Waals surface area contributed by atoms with E-state index in [0.717, 1.165) is 34.8 Å². The second-order valence-corrected chi connectivity index (χ2v) is 6.66. The Morgan fingerprint density at radius 2 is 2.31 bits per heavy atom. The Balaban J connectivity index is 1.72. The Hall–Kier alpha value is -3.21. The molecule has 0 aliphatic carbocycles. The van der Waals surface area contributed by atoms with Crippen molar-refractivity contribution in [3.8, 4) is 6.07 Å². The van der Waals surface area contributed by atoms with Crippen molar-refractivity contribution < 1.29 is 4.79 Å². The molecule has 0 saturated carbocycles. The number of carbonyl (C=O) groups excluding carboxylic acids is 1. The van der Waals surface area contributed by atoms with Crippen molar-refractivity contribution in [1.82, 2.24) is 25.5 Å². The molecular formula is C18H19N7O. The average molecular weight is 349 g/mol. The highest BCUT2D eigenvalue weighted by atomic mass is 16.1. The smallest absolute Gasteiger partial charge is 0.234 e. The summed E-state index contributed by atoms with van der Waals surface area (Å²) in [5.74, 6) is -0.219. The average Bonchev–Trinajstić information content (AvgIpc) is 3.12. The van der Waals surface area contributed by atoms with E-state index in [9.17, 15) is 4.79 Å². The van der Waals surface area contributed by atoms with Crippen LogP contribution in [0.1, 0.15) is 26.2 Å². The maximum Gasteiger partial charge on any atom is 0.234 e. The molecule has 8 heteroatoms. The van der Waals surface area contributed by atoms with E-state index in [-0.39, 0.29) is 18.4 Å². The number of piperidine rings is 1. The van der Waals surface area contributed by atoms with E-state index in [2.05, 4.69) is 37.3 Å². The summed E-state index contributed by atoms with van der Waals surface area (Å²) in [4.78, 5) is 22.7. The molecule has 132 valence electrons. The fourth-order valence-electron chi connectivity index (χ4n) is 3.68. The Bertz CT molecular complexity index is 1010. The molecule has 2 N–H and O–H groups in total. The van der Waals surface area contributed by atoms with E-state index in [1.807, 2.05) is 18.3 Å². The van der Waals surface area contributed by atoms with Gasteiger partial charge in [-0.3, -0.25) is 9.89 Å². The van der Waals surface area contributed by atoms with Gasteiger partial charge in [-0.05, 0) is 25.8 Å². The van der Waals surface area contributed by atoms with Gasteiger partial charge in [0.05, 0.1) is 29.7 Å². The predicted molar refractivity (Wildman–Crippen MR) is 97.4 cm³/mol. The molecule has 2 atom stereocenters. The Morgan fingerprint density at radius 1 is 1.42 bits per heavy atom. The van der Waals surface area contributed by atoms with E-state index in [1.165, 1.54) is 0 Å². The molecule has 1 amide bonds. The van der Waals surface area contributed by atoms with Crippen molar-refractivity contribution in [3.63, 3.8) is 0 Å². The number of aromatic amines is 1. The lowest BCUT2D eigenvalue weighted by Gasteiger charge is -2.40. The maximum atomic E-state index is 11.8. The summed E-state index contributed by atoms with van der Waals surface area (Å²) in [5.41, 5.74) is 2.57. The number of H-pyrrole nitrogens is 1. The van der Waals surface area contributed by atoms with Crippen LogP contribution in [-0.4, -0.2) is 44.7 Å². The first-order valence-corrected chi connectivity index (χ1v) is 8.67. The number of hydrogen-bond donors (Lipinski definition) is 2. The third kappa shape index (κ3) is 2.81. The second-order valence-electron chi connectivity index (χ2n) is 6.66. The highest BCUT2D eigenvalue weighted by Crippen LogP contribution is 2.33. The Labute approximate surface area is 150 Å². The molecule has 8 nitrogen and oxygen atoms in total. The molecule has 1 fully saturated rings. The van der Waals surface area contributed by atoms with Gasteiger partial charge < -0.3 is 10.2 Å². The summed E-state index contributed by atoms with van der Waals surface area (Å²) in [6, 6.07) is 4.19. The zero-order valence-electron chi connectivity index (χ0n) is 14.4. The minimum absolute atomic E-state index is 0.0152. The lowest BCUT2D eigenvalue weighted by Crippen LogP contribution is -2.51. The van der Waals surface area contributed by atoms with E-state index < -0.39 is 0 Å².